The lowest BCUT2D eigenvalue weighted by molar-refractivity contribution is -0.146. The van der Waals surface area contributed by atoms with Crippen LogP contribution in [0.3, 0.4) is 0 Å². The number of nitrogens with zero attached hydrogens (tertiary/aromatic N) is 2. The molecule has 29 heavy (non-hydrogen) atoms. The van der Waals surface area contributed by atoms with Crippen molar-refractivity contribution >= 4 is 23.0 Å². The molecule has 0 radical (unpaired) electrons. The lowest BCUT2D eigenvalue weighted by Gasteiger charge is -2.22. The summed E-state index contributed by atoms with van der Waals surface area (Å²) in [6.07, 6.45) is 1.95. The van der Waals surface area contributed by atoms with E-state index in [9.17, 15) is 9.59 Å². The summed E-state index contributed by atoms with van der Waals surface area (Å²) in [4.78, 5) is 30.7. The first-order valence-corrected chi connectivity index (χ1v) is 10.1. The first kappa shape index (κ1) is 19.2. The van der Waals surface area contributed by atoms with E-state index in [-0.39, 0.29) is 30.8 Å². The predicted molar refractivity (Wildman–Crippen MR) is 109 cm³/mol. The summed E-state index contributed by atoms with van der Waals surface area (Å²) in [6, 6.07) is 15.9. The number of benzene rings is 2. The molecule has 4 rings (SSSR count). The summed E-state index contributed by atoms with van der Waals surface area (Å²) in [5, 5.41) is 0. The van der Waals surface area contributed by atoms with Crippen LogP contribution in [0.2, 0.25) is 0 Å². The Morgan fingerprint density at radius 1 is 1.14 bits per heavy atom. The number of amides is 1. The van der Waals surface area contributed by atoms with Crippen molar-refractivity contribution in [3.63, 3.8) is 0 Å². The minimum Gasteiger partial charge on any atom is -0.466 e. The molecule has 1 aromatic heterocycles. The van der Waals surface area contributed by atoms with E-state index in [1.54, 1.807) is 11.8 Å². The van der Waals surface area contributed by atoms with Gasteiger partial charge in [-0.25, -0.2) is 4.98 Å². The topological polar surface area (TPSA) is 72.6 Å². The molecular weight excluding hydrogens is 368 g/mol. The number of rotatable bonds is 6. The van der Waals surface area contributed by atoms with Gasteiger partial charge in [0.1, 0.15) is 11.6 Å². The monoisotopic (exact) mass is 392 g/mol. The highest BCUT2D eigenvalue weighted by atomic mass is 16.5. The predicted octanol–water partition coefficient (Wildman–Crippen LogP) is 4.50. The van der Waals surface area contributed by atoms with Gasteiger partial charge in [0.15, 0.2) is 5.58 Å². The van der Waals surface area contributed by atoms with Crippen molar-refractivity contribution in [2.45, 2.75) is 38.6 Å². The number of carbonyl (C=O) groups excluding carboxylic acids is 2. The van der Waals surface area contributed by atoms with E-state index in [0.717, 1.165) is 29.5 Å². The third kappa shape index (κ3) is 4.16. The summed E-state index contributed by atoms with van der Waals surface area (Å²) in [6.45, 7) is 2.74. The fraction of sp³-hybridized carbons (Fsp3) is 0.348. The molecular formula is C23H24N2O4. The van der Waals surface area contributed by atoms with E-state index in [1.165, 1.54) is 0 Å². The van der Waals surface area contributed by atoms with Crippen molar-refractivity contribution in [1.29, 1.82) is 0 Å². The highest BCUT2D eigenvalue weighted by molar-refractivity contribution is 5.82. The Morgan fingerprint density at radius 3 is 2.76 bits per heavy atom. The van der Waals surface area contributed by atoms with Crippen molar-refractivity contribution in [3.8, 4) is 11.1 Å². The SMILES string of the molecule is CCOC(=O)CCC(=O)N1CCCC1c1nc2cc(-c3ccccc3)ccc2o1. The highest BCUT2D eigenvalue weighted by Crippen LogP contribution is 2.34. The molecule has 0 saturated carbocycles. The molecule has 3 aromatic rings. The number of hydrogen-bond donors (Lipinski definition) is 0. The second kappa shape index (κ2) is 8.47. The number of carbonyl (C=O) groups is 2. The number of fused-ring (bicyclic) bond motifs is 1. The van der Waals surface area contributed by atoms with Gasteiger partial charge in [-0.2, -0.15) is 0 Å². The van der Waals surface area contributed by atoms with Gasteiger partial charge in [-0.3, -0.25) is 9.59 Å². The molecule has 1 aliphatic heterocycles. The van der Waals surface area contributed by atoms with E-state index < -0.39 is 0 Å². The van der Waals surface area contributed by atoms with Crippen LogP contribution in [0.25, 0.3) is 22.2 Å². The van der Waals surface area contributed by atoms with E-state index in [0.29, 0.717) is 24.6 Å². The van der Waals surface area contributed by atoms with Gasteiger partial charge in [0, 0.05) is 13.0 Å². The number of hydrogen-bond acceptors (Lipinski definition) is 5. The van der Waals surface area contributed by atoms with E-state index in [4.69, 9.17) is 9.15 Å². The molecule has 2 aromatic carbocycles. The normalized spacial score (nSPS) is 16.3. The second-order valence-corrected chi connectivity index (χ2v) is 7.15. The highest BCUT2D eigenvalue weighted by Gasteiger charge is 2.33. The van der Waals surface area contributed by atoms with Crippen LogP contribution in [0, 0.1) is 0 Å². The number of oxazole rings is 1. The molecule has 1 saturated heterocycles. The maximum Gasteiger partial charge on any atom is 0.306 e. The number of esters is 1. The quantitative estimate of drug-likeness (QED) is 0.578. The van der Waals surface area contributed by atoms with Crippen LogP contribution in [0.1, 0.15) is 44.5 Å². The van der Waals surface area contributed by atoms with Crippen LogP contribution in [-0.4, -0.2) is 34.9 Å². The van der Waals surface area contributed by atoms with E-state index in [2.05, 4.69) is 17.1 Å². The molecule has 150 valence electrons. The van der Waals surface area contributed by atoms with Gasteiger partial charge in [0.2, 0.25) is 11.8 Å². The van der Waals surface area contributed by atoms with Crippen molar-refractivity contribution in [1.82, 2.24) is 9.88 Å². The maximum atomic E-state index is 12.6. The Bertz CT molecular complexity index is 1010. The average Bonchev–Trinajstić information content (AvgIpc) is 3.39. The van der Waals surface area contributed by atoms with Gasteiger partial charge in [-0.1, -0.05) is 36.4 Å². The summed E-state index contributed by atoms with van der Waals surface area (Å²) in [5.74, 6) is 0.159. The number of ether oxygens (including phenoxy) is 1. The van der Waals surface area contributed by atoms with E-state index in [1.807, 2.05) is 36.4 Å². The van der Waals surface area contributed by atoms with Crippen LogP contribution in [0.15, 0.2) is 52.9 Å². The molecule has 0 spiro atoms. The summed E-state index contributed by atoms with van der Waals surface area (Å²) < 4.78 is 10.9. The Hall–Kier alpha value is -3.15. The van der Waals surface area contributed by atoms with Gasteiger partial charge in [0.25, 0.3) is 0 Å². The molecule has 0 bridgehead atoms. The van der Waals surface area contributed by atoms with Crippen LogP contribution in [-0.2, 0) is 14.3 Å². The Morgan fingerprint density at radius 2 is 1.97 bits per heavy atom. The van der Waals surface area contributed by atoms with Crippen LogP contribution < -0.4 is 0 Å². The summed E-state index contributed by atoms with van der Waals surface area (Å²) in [5.41, 5.74) is 3.69. The van der Waals surface area contributed by atoms with Gasteiger partial charge >= 0.3 is 5.97 Å². The first-order valence-electron chi connectivity index (χ1n) is 10.1. The zero-order chi connectivity index (χ0) is 20.2. The fourth-order valence-corrected chi connectivity index (χ4v) is 3.81. The average molecular weight is 392 g/mol. The van der Waals surface area contributed by atoms with Crippen molar-refractivity contribution in [2.75, 3.05) is 13.2 Å². The molecule has 2 heterocycles. The van der Waals surface area contributed by atoms with Gasteiger partial charge in [0.05, 0.1) is 13.0 Å². The van der Waals surface area contributed by atoms with Crippen molar-refractivity contribution < 1.29 is 18.7 Å². The summed E-state index contributed by atoms with van der Waals surface area (Å²) in [7, 11) is 0. The Labute approximate surface area is 169 Å². The molecule has 6 nitrogen and oxygen atoms in total. The molecule has 1 aliphatic rings. The number of likely N-dealkylation sites (tertiary alicyclic amines) is 1. The van der Waals surface area contributed by atoms with Crippen LogP contribution in [0.4, 0.5) is 0 Å². The van der Waals surface area contributed by atoms with Crippen LogP contribution >= 0.6 is 0 Å². The Kier molecular flexibility index (Phi) is 5.60. The lowest BCUT2D eigenvalue weighted by atomic mass is 10.1. The molecule has 1 unspecified atom stereocenters. The van der Waals surface area contributed by atoms with Gasteiger partial charge in [-0.05, 0) is 43.0 Å². The minimum atomic E-state index is -0.341. The van der Waals surface area contributed by atoms with Crippen LogP contribution in [0.5, 0.6) is 0 Å². The number of aromatic nitrogens is 1. The molecule has 1 fully saturated rings. The largest absolute Gasteiger partial charge is 0.466 e. The third-order valence-corrected chi connectivity index (χ3v) is 5.22. The molecule has 1 atom stereocenters. The third-order valence-electron chi connectivity index (χ3n) is 5.22. The zero-order valence-corrected chi connectivity index (χ0v) is 16.5. The lowest BCUT2D eigenvalue weighted by Crippen LogP contribution is -2.31. The molecule has 0 N–H and O–H groups in total. The van der Waals surface area contributed by atoms with Gasteiger partial charge < -0.3 is 14.1 Å². The molecule has 0 aliphatic carbocycles. The standard InChI is InChI=1S/C23H24N2O4/c1-2-28-22(27)13-12-21(26)25-14-6-9-19(25)23-24-18-15-17(10-11-20(18)29-23)16-7-4-3-5-8-16/h3-5,7-8,10-11,15,19H,2,6,9,12-14H2,1H3. The Balaban J connectivity index is 1.52. The van der Waals surface area contributed by atoms with Crippen molar-refractivity contribution in [2.24, 2.45) is 0 Å². The maximum absolute atomic E-state index is 12.6. The molecule has 1 amide bonds. The molecule has 6 heteroatoms. The second-order valence-electron chi connectivity index (χ2n) is 7.15. The zero-order valence-electron chi connectivity index (χ0n) is 16.5. The summed E-state index contributed by atoms with van der Waals surface area (Å²) >= 11 is 0. The van der Waals surface area contributed by atoms with Crippen molar-refractivity contribution in [3.05, 3.63) is 54.4 Å². The van der Waals surface area contributed by atoms with Gasteiger partial charge in [-0.15, -0.1) is 0 Å². The first-order chi connectivity index (χ1) is 14.2. The van der Waals surface area contributed by atoms with E-state index >= 15 is 0 Å². The smallest absolute Gasteiger partial charge is 0.306 e. The fourth-order valence-electron chi connectivity index (χ4n) is 3.81. The minimum absolute atomic E-state index is 0.0622.